The smallest absolute Gasteiger partial charge is 0.325 e. The van der Waals surface area contributed by atoms with E-state index < -0.39 is 5.97 Å². The van der Waals surface area contributed by atoms with Crippen LogP contribution in [0.1, 0.15) is 20.8 Å². The van der Waals surface area contributed by atoms with E-state index in [1.807, 2.05) is 6.92 Å². The molecule has 0 heterocycles. The average molecular weight is 211 g/mol. The van der Waals surface area contributed by atoms with Crippen molar-refractivity contribution in [3.05, 3.63) is 24.3 Å². The number of esters is 1. The molecule has 0 aliphatic heterocycles. The molecule has 0 radical (unpaired) electrons. The summed E-state index contributed by atoms with van der Waals surface area (Å²) in [4.78, 5) is 22.1. The van der Waals surface area contributed by atoms with Gasteiger partial charge in [-0.05, 0) is 20.8 Å². The maximum absolute atomic E-state index is 11.1. The largest absolute Gasteiger partial charge is 0.462 e. The maximum atomic E-state index is 11.1. The van der Waals surface area contributed by atoms with Crippen LogP contribution < -0.4 is 5.32 Å². The van der Waals surface area contributed by atoms with Crippen LogP contribution in [-0.2, 0) is 14.3 Å². The Bertz CT molecular complexity index is 267. The van der Waals surface area contributed by atoms with Gasteiger partial charge in [0.1, 0.15) is 6.54 Å². The van der Waals surface area contributed by atoms with Crippen molar-refractivity contribution in [2.45, 2.75) is 26.9 Å². The lowest BCUT2D eigenvalue weighted by Crippen LogP contribution is -2.30. The highest BCUT2D eigenvalue weighted by molar-refractivity contribution is 5.90. The van der Waals surface area contributed by atoms with Crippen molar-refractivity contribution < 1.29 is 14.3 Å². The second kappa shape index (κ2) is 7.79. The minimum atomic E-state index is -0.433. The van der Waals surface area contributed by atoms with Crippen LogP contribution in [0.4, 0.5) is 0 Å². The van der Waals surface area contributed by atoms with Gasteiger partial charge < -0.3 is 10.1 Å². The van der Waals surface area contributed by atoms with Gasteiger partial charge in [-0.1, -0.05) is 18.2 Å². The van der Waals surface area contributed by atoms with E-state index in [4.69, 9.17) is 4.74 Å². The van der Waals surface area contributed by atoms with Gasteiger partial charge in [0.05, 0.1) is 6.10 Å². The van der Waals surface area contributed by atoms with Gasteiger partial charge in [0.25, 0.3) is 0 Å². The Balaban J connectivity index is 3.76. The lowest BCUT2D eigenvalue weighted by atomic mass is 10.4. The molecule has 0 aromatic rings. The van der Waals surface area contributed by atoms with E-state index in [0.717, 1.165) is 0 Å². The molecular weight excluding hydrogens is 194 g/mol. The van der Waals surface area contributed by atoms with Crippen molar-refractivity contribution in [2.75, 3.05) is 6.54 Å². The molecule has 84 valence electrons. The molecule has 0 unspecified atom stereocenters. The van der Waals surface area contributed by atoms with Gasteiger partial charge in [0.2, 0.25) is 5.91 Å². The zero-order valence-electron chi connectivity index (χ0n) is 9.32. The van der Waals surface area contributed by atoms with Crippen LogP contribution in [0.15, 0.2) is 24.3 Å². The first kappa shape index (κ1) is 13.4. The van der Waals surface area contributed by atoms with Gasteiger partial charge >= 0.3 is 5.97 Å². The molecule has 15 heavy (non-hydrogen) atoms. The highest BCUT2D eigenvalue weighted by Crippen LogP contribution is 1.87. The molecule has 0 bridgehead atoms. The Hall–Kier alpha value is -1.58. The Labute approximate surface area is 90.0 Å². The second-order valence-electron chi connectivity index (χ2n) is 3.14. The van der Waals surface area contributed by atoms with Gasteiger partial charge in [-0.25, -0.2) is 0 Å². The molecule has 0 saturated heterocycles. The van der Waals surface area contributed by atoms with Gasteiger partial charge in [-0.2, -0.15) is 0 Å². The van der Waals surface area contributed by atoms with E-state index in [1.54, 1.807) is 32.1 Å². The zero-order valence-corrected chi connectivity index (χ0v) is 9.32. The lowest BCUT2D eigenvalue weighted by molar-refractivity contribution is -0.147. The van der Waals surface area contributed by atoms with Crippen LogP contribution in [0.3, 0.4) is 0 Å². The monoisotopic (exact) mass is 211 g/mol. The fraction of sp³-hybridized carbons (Fsp3) is 0.455. The summed E-state index contributed by atoms with van der Waals surface area (Å²) in [5.41, 5.74) is 0. The third-order valence-electron chi connectivity index (χ3n) is 1.33. The van der Waals surface area contributed by atoms with Crippen LogP contribution in [-0.4, -0.2) is 24.5 Å². The summed E-state index contributed by atoms with van der Waals surface area (Å²) in [5, 5.41) is 2.41. The molecule has 1 N–H and O–H groups in total. The SMILES string of the molecule is C/C=C/C=C/C(=O)NCC(=O)OC(C)C. The molecule has 1 amide bonds. The minimum absolute atomic E-state index is 0.100. The van der Waals surface area contributed by atoms with E-state index >= 15 is 0 Å². The van der Waals surface area contributed by atoms with Crippen LogP contribution in [0, 0.1) is 0 Å². The highest BCUT2D eigenvalue weighted by Gasteiger charge is 2.05. The first-order valence-corrected chi connectivity index (χ1v) is 4.83. The molecule has 0 aromatic carbocycles. The fourth-order valence-corrected chi connectivity index (χ4v) is 0.777. The topological polar surface area (TPSA) is 55.4 Å². The van der Waals surface area contributed by atoms with E-state index in [2.05, 4.69) is 5.32 Å². The van der Waals surface area contributed by atoms with Gasteiger partial charge in [-0.3, -0.25) is 9.59 Å². The van der Waals surface area contributed by atoms with Crippen molar-refractivity contribution >= 4 is 11.9 Å². The summed E-state index contributed by atoms with van der Waals surface area (Å²) in [6, 6.07) is 0. The summed E-state index contributed by atoms with van der Waals surface area (Å²) >= 11 is 0. The third-order valence-corrected chi connectivity index (χ3v) is 1.33. The summed E-state index contributed by atoms with van der Waals surface area (Å²) in [6.45, 7) is 5.26. The first-order valence-electron chi connectivity index (χ1n) is 4.83. The Morgan fingerprint density at radius 2 is 2.00 bits per heavy atom. The van der Waals surface area contributed by atoms with E-state index in [-0.39, 0.29) is 18.6 Å². The van der Waals surface area contributed by atoms with Crippen molar-refractivity contribution in [3.63, 3.8) is 0 Å². The quantitative estimate of drug-likeness (QED) is 0.422. The number of rotatable bonds is 5. The van der Waals surface area contributed by atoms with E-state index in [1.165, 1.54) is 6.08 Å². The van der Waals surface area contributed by atoms with Crippen LogP contribution >= 0.6 is 0 Å². The molecule has 0 spiro atoms. The third kappa shape index (κ3) is 8.74. The van der Waals surface area contributed by atoms with Crippen LogP contribution in [0.2, 0.25) is 0 Å². The predicted octanol–water partition coefficient (Wildman–Crippen LogP) is 1.19. The number of hydrogen-bond donors (Lipinski definition) is 1. The summed E-state index contributed by atoms with van der Waals surface area (Å²) in [5.74, 6) is -0.744. The molecule has 0 aromatic heterocycles. The van der Waals surface area contributed by atoms with Crippen molar-refractivity contribution in [1.29, 1.82) is 0 Å². The Kier molecular flexibility index (Phi) is 6.97. The van der Waals surface area contributed by atoms with Crippen molar-refractivity contribution in [1.82, 2.24) is 5.32 Å². The number of amides is 1. The van der Waals surface area contributed by atoms with E-state index in [9.17, 15) is 9.59 Å². The molecule has 0 fully saturated rings. The molecule has 0 rings (SSSR count). The number of carbonyl (C=O) groups excluding carboxylic acids is 2. The molecular formula is C11H17NO3. The normalized spacial score (nSPS) is 11.2. The standard InChI is InChI=1S/C11H17NO3/c1-4-5-6-7-10(13)12-8-11(14)15-9(2)3/h4-7,9H,8H2,1-3H3,(H,12,13)/b5-4+,7-6+. The van der Waals surface area contributed by atoms with E-state index in [0.29, 0.717) is 0 Å². The number of nitrogens with one attached hydrogen (secondary N) is 1. The van der Waals surface area contributed by atoms with Crippen LogP contribution in [0.5, 0.6) is 0 Å². The zero-order chi connectivity index (χ0) is 11.7. The van der Waals surface area contributed by atoms with Crippen molar-refractivity contribution in [2.24, 2.45) is 0 Å². The average Bonchev–Trinajstić information content (AvgIpc) is 2.14. The Morgan fingerprint density at radius 3 is 2.53 bits per heavy atom. The number of carbonyl (C=O) groups is 2. The fourth-order valence-electron chi connectivity index (χ4n) is 0.777. The summed E-state index contributed by atoms with van der Waals surface area (Å²) in [6.07, 6.45) is 6.32. The molecule has 4 nitrogen and oxygen atoms in total. The van der Waals surface area contributed by atoms with Gasteiger partial charge in [-0.15, -0.1) is 0 Å². The van der Waals surface area contributed by atoms with Gasteiger partial charge in [0.15, 0.2) is 0 Å². The molecule has 4 heteroatoms. The molecule has 0 atom stereocenters. The maximum Gasteiger partial charge on any atom is 0.325 e. The number of ether oxygens (including phenoxy) is 1. The summed E-state index contributed by atoms with van der Waals surface area (Å²) < 4.78 is 4.83. The van der Waals surface area contributed by atoms with Crippen molar-refractivity contribution in [3.8, 4) is 0 Å². The number of allylic oxidation sites excluding steroid dienone is 3. The molecule has 0 aliphatic carbocycles. The molecule has 0 aliphatic rings. The van der Waals surface area contributed by atoms with Crippen LogP contribution in [0.25, 0.3) is 0 Å². The predicted molar refractivity (Wildman–Crippen MR) is 58.2 cm³/mol. The first-order chi connectivity index (χ1) is 7.06. The molecule has 0 saturated carbocycles. The van der Waals surface area contributed by atoms with Gasteiger partial charge in [0, 0.05) is 6.08 Å². The Morgan fingerprint density at radius 1 is 1.33 bits per heavy atom. The lowest BCUT2D eigenvalue weighted by Gasteiger charge is -2.07. The minimum Gasteiger partial charge on any atom is -0.462 e. The summed E-state index contributed by atoms with van der Waals surface area (Å²) in [7, 11) is 0. The second-order valence-corrected chi connectivity index (χ2v) is 3.14. The number of hydrogen-bond acceptors (Lipinski definition) is 3. The highest BCUT2D eigenvalue weighted by atomic mass is 16.5.